The summed E-state index contributed by atoms with van der Waals surface area (Å²) in [5, 5.41) is 9.18. The molecule has 0 aliphatic carbocycles. The number of benzene rings is 1. The molecule has 1 aromatic heterocycles. The van der Waals surface area contributed by atoms with E-state index in [2.05, 4.69) is 16.0 Å². The summed E-state index contributed by atoms with van der Waals surface area (Å²) in [5.74, 6) is 0.559. The first-order valence-electron chi connectivity index (χ1n) is 6.00. The summed E-state index contributed by atoms with van der Waals surface area (Å²) in [4.78, 5) is 8.73. The minimum Gasteiger partial charge on any atom is -0.240 e. The second kappa shape index (κ2) is 5.42. The molecule has 1 aromatic carbocycles. The largest absolute Gasteiger partial charge is 0.240 e. The lowest BCUT2D eigenvalue weighted by Gasteiger charge is -2.12. The van der Waals surface area contributed by atoms with E-state index < -0.39 is 0 Å². The molecule has 0 radical (unpaired) electrons. The lowest BCUT2D eigenvalue weighted by molar-refractivity contribution is 0.562. The van der Waals surface area contributed by atoms with Crippen LogP contribution in [-0.2, 0) is 0 Å². The van der Waals surface area contributed by atoms with E-state index >= 15 is 0 Å². The van der Waals surface area contributed by atoms with Crippen LogP contribution in [0.1, 0.15) is 25.6 Å². The third-order valence-corrected chi connectivity index (χ3v) is 2.83. The predicted octanol–water partition coefficient (Wildman–Crippen LogP) is 3.41. The third kappa shape index (κ3) is 2.54. The quantitative estimate of drug-likeness (QED) is 0.822. The van der Waals surface area contributed by atoms with Crippen molar-refractivity contribution >= 4 is 0 Å². The molecule has 3 nitrogen and oxygen atoms in total. The summed E-state index contributed by atoms with van der Waals surface area (Å²) in [6.45, 7) is 4.01. The van der Waals surface area contributed by atoms with Crippen LogP contribution < -0.4 is 0 Å². The molecule has 0 aliphatic heterocycles. The molecular weight excluding hydrogens is 222 g/mol. The first-order chi connectivity index (χ1) is 8.72. The molecule has 2 aromatic rings. The average Bonchev–Trinajstić information content (AvgIpc) is 2.40. The fourth-order valence-electron chi connectivity index (χ4n) is 1.80. The van der Waals surface area contributed by atoms with Gasteiger partial charge < -0.3 is 0 Å². The van der Waals surface area contributed by atoms with Gasteiger partial charge in [0.25, 0.3) is 0 Å². The lowest BCUT2D eigenvalue weighted by atomic mass is 9.96. The number of aromatic nitrogens is 2. The number of nitrogens with zero attached hydrogens (tertiary/aromatic N) is 3. The maximum absolute atomic E-state index is 9.18. The Morgan fingerprint density at radius 3 is 2.44 bits per heavy atom. The number of rotatable bonds is 3. The van der Waals surface area contributed by atoms with E-state index in [1.54, 1.807) is 6.20 Å². The number of hydrogen-bond acceptors (Lipinski definition) is 3. The van der Waals surface area contributed by atoms with Gasteiger partial charge in [0, 0.05) is 11.8 Å². The molecule has 2 rings (SSSR count). The summed E-state index contributed by atoms with van der Waals surface area (Å²) in [5.41, 5.74) is 1.91. The molecule has 0 bridgehead atoms. The summed E-state index contributed by atoms with van der Waals surface area (Å²) >= 11 is 0. The van der Waals surface area contributed by atoms with Gasteiger partial charge in [-0.1, -0.05) is 44.2 Å². The zero-order chi connectivity index (χ0) is 13.0. The molecule has 0 saturated carbocycles. The van der Waals surface area contributed by atoms with E-state index in [0.29, 0.717) is 5.82 Å². The molecule has 90 valence electrons. The highest BCUT2D eigenvalue weighted by Crippen LogP contribution is 2.23. The Balaban J connectivity index is 2.40. The molecule has 0 aliphatic rings. The van der Waals surface area contributed by atoms with Crippen LogP contribution >= 0.6 is 0 Å². The Hall–Kier alpha value is -2.21. The maximum atomic E-state index is 9.18. The molecule has 3 heteroatoms. The molecule has 1 unspecified atom stereocenters. The highest BCUT2D eigenvalue weighted by atomic mass is 14.9. The summed E-state index contributed by atoms with van der Waals surface area (Å²) in [6, 6.07) is 14.1. The topological polar surface area (TPSA) is 49.6 Å². The van der Waals surface area contributed by atoms with Crippen molar-refractivity contribution in [2.75, 3.05) is 0 Å². The Labute approximate surface area is 107 Å². The van der Waals surface area contributed by atoms with Crippen LogP contribution in [0.4, 0.5) is 0 Å². The molecule has 0 saturated heterocycles. The van der Waals surface area contributed by atoms with Crippen molar-refractivity contribution in [2.24, 2.45) is 5.92 Å². The van der Waals surface area contributed by atoms with Gasteiger partial charge in [-0.2, -0.15) is 5.26 Å². The fraction of sp³-hybridized carbons (Fsp3) is 0.267. The van der Waals surface area contributed by atoms with Crippen molar-refractivity contribution in [3.05, 3.63) is 48.4 Å². The van der Waals surface area contributed by atoms with Gasteiger partial charge in [-0.3, -0.25) is 0 Å². The smallest absolute Gasteiger partial charge is 0.146 e. The molecule has 0 fully saturated rings. The highest BCUT2D eigenvalue weighted by Gasteiger charge is 2.18. The zero-order valence-corrected chi connectivity index (χ0v) is 10.5. The Morgan fingerprint density at radius 2 is 1.83 bits per heavy atom. The SMILES string of the molecule is CC(C)C(C#N)c1nccc(-c2ccccc2)n1. The van der Waals surface area contributed by atoms with Crippen LogP contribution in [0, 0.1) is 17.2 Å². The van der Waals surface area contributed by atoms with Gasteiger partial charge in [-0.15, -0.1) is 0 Å². The van der Waals surface area contributed by atoms with Crippen LogP contribution in [0.15, 0.2) is 42.6 Å². The molecule has 0 spiro atoms. The first kappa shape index (κ1) is 12.3. The zero-order valence-electron chi connectivity index (χ0n) is 10.5. The van der Waals surface area contributed by atoms with Crippen molar-refractivity contribution in [1.82, 2.24) is 9.97 Å². The fourth-order valence-corrected chi connectivity index (χ4v) is 1.80. The normalized spacial score (nSPS) is 12.1. The molecular formula is C15H15N3. The van der Waals surface area contributed by atoms with Crippen molar-refractivity contribution in [3.63, 3.8) is 0 Å². The van der Waals surface area contributed by atoms with Crippen LogP contribution in [0.3, 0.4) is 0 Å². The minimum absolute atomic E-state index is 0.209. The van der Waals surface area contributed by atoms with Gasteiger partial charge >= 0.3 is 0 Å². The summed E-state index contributed by atoms with van der Waals surface area (Å²) in [6.07, 6.45) is 1.72. The van der Waals surface area contributed by atoms with Crippen molar-refractivity contribution in [1.29, 1.82) is 5.26 Å². The van der Waals surface area contributed by atoms with Crippen molar-refractivity contribution < 1.29 is 0 Å². The minimum atomic E-state index is -0.256. The van der Waals surface area contributed by atoms with Gasteiger partial charge in [-0.05, 0) is 12.0 Å². The van der Waals surface area contributed by atoms with Crippen LogP contribution in [-0.4, -0.2) is 9.97 Å². The average molecular weight is 237 g/mol. The van der Waals surface area contributed by atoms with Gasteiger partial charge in [-0.25, -0.2) is 9.97 Å². The molecule has 0 amide bonds. The summed E-state index contributed by atoms with van der Waals surface area (Å²) in [7, 11) is 0. The standard InChI is InChI=1S/C15H15N3/c1-11(2)13(10-16)15-17-9-8-14(18-15)12-6-4-3-5-7-12/h3-9,11,13H,1-2H3. The molecule has 1 atom stereocenters. The van der Waals surface area contributed by atoms with Crippen LogP contribution in [0.2, 0.25) is 0 Å². The van der Waals surface area contributed by atoms with E-state index in [4.69, 9.17) is 0 Å². The number of hydrogen-bond donors (Lipinski definition) is 0. The van der Waals surface area contributed by atoms with E-state index in [1.807, 2.05) is 50.2 Å². The summed E-state index contributed by atoms with van der Waals surface area (Å²) < 4.78 is 0. The second-order valence-electron chi connectivity index (χ2n) is 4.52. The second-order valence-corrected chi connectivity index (χ2v) is 4.52. The van der Waals surface area contributed by atoms with E-state index in [9.17, 15) is 5.26 Å². The Kier molecular flexibility index (Phi) is 3.69. The van der Waals surface area contributed by atoms with Crippen molar-refractivity contribution in [3.8, 4) is 17.3 Å². The molecule has 18 heavy (non-hydrogen) atoms. The lowest BCUT2D eigenvalue weighted by Crippen LogP contribution is -2.09. The number of nitriles is 1. The van der Waals surface area contributed by atoms with Crippen LogP contribution in [0.25, 0.3) is 11.3 Å². The highest BCUT2D eigenvalue weighted by molar-refractivity contribution is 5.58. The predicted molar refractivity (Wildman–Crippen MR) is 70.7 cm³/mol. The van der Waals surface area contributed by atoms with Gasteiger partial charge in [0.2, 0.25) is 0 Å². The third-order valence-electron chi connectivity index (χ3n) is 2.83. The van der Waals surface area contributed by atoms with E-state index in [1.165, 1.54) is 0 Å². The van der Waals surface area contributed by atoms with E-state index in [-0.39, 0.29) is 11.8 Å². The van der Waals surface area contributed by atoms with Crippen molar-refractivity contribution in [2.45, 2.75) is 19.8 Å². The Bertz CT molecular complexity index is 555. The molecule has 1 heterocycles. The monoisotopic (exact) mass is 237 g/mol. The van der Waals surface area contributed by atoms with Gasteiger partial charge in [0.1, 0.15) is 11.7 Å². The first-order valence-corrected chi connectivity index (χ1v) is 6.00. The molecule has 0 N–H and O–H groups in total. The van der Waals surface area contributed by atoms with Crippen LogP contribution in [0.5, 0.6) is 0 Å². The maximum Gasteiger partial charge on any atom is 0.146 e. The van der Waals surface area contributed by atoms with Gasteiger partial charge in [0.05, 0.1) is 11.8 Å². The Morgan fingerprint density at radius 1 is 1.11 bits per heavy atom. The van der Waals surface area contributed by atoms with E-state index in [0.717, 1.165) is 11.3 Å². The van der Waals surface area contributed by atoms with Gasteiger partial charge in [0.15, 0.2) is 0 Å².